The van der Waals surface area contributed by atoms with E-state index in [0.29, 0.717) is 12.3 Å². The number of ether oxygens (including phenoxy) is 1. The summed E-state index contributed by atoms with van der Waals surface area (Å²) in [6.45, 7) is 4.51. The Hall–Kier alpha value is -3.36. The Morgan fingerprint density at radius 3 is 2.50 bits per heavy atom. The van der Waals surface area contributed by atoms with Gasteiger partial charge in [-0.25, -0.2) is 13.2 Å². The van der Waals surface area contributed by atoms with Gasteiger partial charge in [0.25, 0.3) is 10.0 Å². The summed E-state index contributed by atoms with van der Waals surface area (Å²) in [7, 11) is -3.77. The molecule has 0 radical (unpaired) electrons. The Labute approximate surface area is 198 Å². The fourth-order valence-corrected chi connectivity index (χ4v) is 5.88. The second-order valence-corrected chi connectivity index (χ2v) is 10.6. The van der Waals surface area contributed by atoms with E-state index in [-0.39, 0.29) is 28.5 Å². The van der Waals surface area contributed by atoms with Gasteiger partial charge in [-0.2, -0.15) is 0 Å². The Morgan fingerprint density at radius 2 is 1.79 bits per heavy atom. The highest BCUT2D eigenvalue weighted by Gasteiger charge is 2.42. The molecule has 3 aromatic carbocycles. The lowest BCUT2D eigenvalue weighted by molar-refractivity contribution is 0.0696. The van der Waals surface area contributed by atoms with Crippen molar-refractivity contribution >= 4 is 27.4 Å². The van der Waals surface area contributed by atoms with Crippen molar-refractivity contribution in [1.82, 2.24) is 0 Å². The van der Waals surface area contributed by atoms with Crippen molar-refractivity contribution in [3.8, 4) is 0 Å². The molecule has 2 heterocycles. The number of anilines is 2. The van der Waals surface area contributed by atoms with Gasteiger partial charge < -0.3 is 15.2 Å². The molecule has 5 rings (SSSR count). The molecule has 0 bridgehead atoms. The quantitative estimate of drug-likeness (QED) is 0.474. The van der Waals surface area contributed by atoms with Crippen LogP contribution in [0.4, 0.5) is 11.4 Å². The number of aromatic carboxylic acids is 1. The molecular weight excluding hydrogens is 452 g/mol. The largest absolute Gasteiger partial charge is 0.478 e. The van der Waals surface area contributed by atoms with Crippen LogP contribution in [-0.2, 0) is 14.8 Å². The second-order valence-electron chi connectivity index (χ2n) is 8.95. The van der Waals surface area contributed by atoms with Gasteiger partial charge >= 0.3 is 5.97 Å². The number of carboxylic acid groups (broad SMARTS) is 1. The van der Waals surface area contributed by atoms with Crippen LogP contribution >= 0.6 is 0 Å². The summed E-state index contributed by atoms with van der Waals surface area (Å²) in [6.07, 6.45) is 0.581. The van der Waals surface area contributed by atoms with E-state index in [4.69, 9.17) is 4.74 Å². The molecule has 3 atom stereocenters. The molecule has 2 aliphatic rings. The molecule has 0 saturated carbocycles. The van der Waals surface area contributed by atoms with Gasteiger partial charge in [-0.05, 0) is 79.4 Å². The minimum absolute atomic E-state index is 0.0565. The van der Waals surface area contributed by atoms with Gasteiger partial charge in [0.15, 0.2) is 0 Å². The predicted octanol–water partition coefficient (Wildman–Crippen LogP) is 5.05. The van der Waals surface area contributed by atoms with Crippen LogP contribution in [0.1, 0.15) is 51.2 Å². The molecule has 0 unspecified atom stereocenters. The van der Waals surface area contributed by atoms with Crippen molar-refractivity contribution in [3.05, 3.63) is 88.5 Å². The van der Waals surface area contributed by atoms with Crippen LogP contribution < -0.4 is 10.0 Å². The minimum Gasteiger partial charge on any atom is -0.478 e. The van der Waals surface area contributed by atoms with Gasteiger partial charge in [-0.15, -0.1) is 0 Å². The third-order valence-electron chi connectivity index (χ3n) is 6.79. The zero-order valence-electron chi connectivity index (χ0n) is 18.9. The van der Waals surface area contributed by atoms with Crippen LogP contribution in [0, 0.1) is 19.8 Å². The number of benzene rings is 3. The van der Waals surface area contributed by atoms with Crippen LogP contribution in [0.5, 0.6) is 0 Å². The van der Waals surface area contributed by atoms with Crippen molar-refractivity contribution < 1.29 is 23.1 Å². The zero-order valence-corrected chi connectivity index (χ0v) is 19.7. The van der Waals surface area contributed by atoms with Crippen LogP contribution in [-0.4, -0.2) is 26.1 Å². The third-order valence-corrected chi connectivity index (χ3v) is 8.17. The van der Waals surface area contributed by atoms with Gasteiger partial charge in [0.1, 0.15) is 0 Å². The van der Waals surface area contributed by atoms with Gasteiger partial charge in [0, 0.05) is 29.5 Å². The maximum Gasteiger partial charge on any atom is 0.335 e. The highest BCUT2D eigenvalue weighted by Crippen LogP contribution is 2.50. The summed E-state index contributed by atoms with van der Waals surface area (Å²) in [6, 6.07) is 17.3. The molecule has 2 aliphatic heterocycles. The van der Waals surface area contributed by atoms with Crippen molar-refractivity contribution in [2.75, 3.05) is 16.6 Å². The smallest absolute Gasteiger partial charge is 0.335 e. The maximum absolute atomic E-state index is 13.1. The van der Waals surface area contributed by atoms with Crippen molar-refractivity contribution in [2.24, 2.45) is 5.92 Å². The van der Waals surface area contributed by atoms with E-state index >= 15 is 0 Å². The lowest BCUT2D eigenvalue weighted by Crippen LogP contribution is -2.29. The molecule has 7 nitrogen and oxygen atoms in total. The molecule has 0 aromatic heterocycles. The number of sulfonamides is 1. The van der Waals surface area contributed by atoms with Crippen LogP contribution in [0.15, 0.2) is 65.6 Å². The number of hydrogen-bond acceptors (Lipinski definition) is 5. The first-order valence-electron chi connectivity index (χ1n) is 11.2. The summed E-state index contributed by atoms with van der Waals surface area (Å²) < 4.78 is 35.0. The number of aryl methyl sites for hydroxylation is 2. The zero-order chi connectivity index (χ0) is 24.0. The van der Waals surface area contributed by atoms with E-state index in [1.54, 1.807) is 36.4 Å². The summed E-state index contributed by atoms with van der Waals surface area (Å²) >= 11 is 0. The summed E-state index contributed by atoms with van der Waals surface area (Å²) in [4.78, 5) is 11.4. The van der Waals surface area contributed by atoms with Gasteiger partial charge in [0.05, 0.1) is 22.6 Å². The number of fused-ring (bicyclic) bond motifs is 3. The molecule has 1 fully saturated rings. The van der Waals surface area contributed by atoms with Crippen molar-refractivity contribution in [3.63, 3.8) is 0 Å². The molecule has 3 N–H and O–H groups in total. The number of hydrogen-bond donors (Lipinski definition) is 3. The molecule has 3 aromatic rings. The third kappa shape index (κ3) is 4.03. The molecule has 34 heavy (non-hydrogen) atoms. The van der Waals surface area contributed by atoms with Crippen molar-refractivity contribution in [2.45, 2.75) is 37.3 Å². The first-order chi connectivity index (χ1) is 16.2. The lowest BCUT2D eigenvalue weighted by Gasteiger charge is -2.36. The average Bonchev–Trinajstić information content (AvgIpc) is 3.31. The molecule has 176 valence electrons. The molecule has 0 spiro atoms. The normalized spacial score (nSPS) is 21.3. The van der Waals surface area contributed by atoms with Crippen LogP contribution in [0.25, 0.3) is 0 Å². The number of rotatable bonds is 5. The standard InChI is InChI=1S/C26H26N2O5S/c1-15-3-8-19(13-16(15)2)28-34(31,32)20-9-10-23-22(14-20)25-21(11-12-33-25)24(27-23)17-4-6-18(7-5-17)26(29)30/h3-10,13-14,21,24-25,27-28H,11-12H2,1-2H3,(H,29,30)/t21-,24-,25-/m0/s1. The summed E-state index contributed by atoms with van der Waals surface area (Å²) in [5, 5.41) is 12.7. The monoisotopic (exact) mass is 478 g/mol. The van der Waals surface area contributed by atoms with E-state index in [9.17, 15) is 18.3 Å². The first-order valence-corrected chi connectivity index (χ1v) is 12.7. The highest BCUT2D eigenvalue weighted by molar-refractivity contribution is 7.92. The lowest BCUT2D eigenvalue weighted by atomic mass is 9.81. The number of carbonyl (C=O) groups is 1. The van der Waals surface area contributed by atoms with Gasteiger partial charge in [-0.1, -0.05) is 18.2 Å². The van der Waals surface area contributed by atoms with E-state index in [2.05, 4.69) is 10.0 Å². The average molecular weight is 479 g/mol. The molecule has 1 saturated heterocycles. The van der Waals surface area contributed by atoms with Gasteiger partial charge in [0.2, 0.25) is 0 Å². The molecule has 0 aliphatic carbocycles. The summed E-state index contributed by atoms with van der Waals surface area (Å²) in [5.41, 5.74) is 5.50. The SMILES string of the molecule is Cc1ccc(NS(=O)(=O)c2ccc3c(c2)[C@H]2OCC[C@H]2[C@H](c2ccc(C(=O)O)cc2)N3)cc1C. The molecule has 0 amide bonds. The van der Waals surface area contributed by atoms with E-state index in [1.165, 1.54) is 0 Å². The van der Waals surface area contributed by atoms with Gasteiger partial charge in [-0.3, -0.25) is 4.72 Å². The number of nitrogens with one attached hydrogen (secondary N) is 2. The fourth-order valence-electron chi connectivity index (χ4n) is 4.80. The predicted molar refractivity (Wildman–Crippen MR) is 130 cm³/mol. The second kappa shape index (κ2) is 8.45. The van der Waals surface area contributed by atoms with Crippen LogP contribution in [0.2, 0.25) is 0 Å². The Balaban J connectivity index is 1.45. The molecule has 8 heteroatoms. The van der Waals surface area contributed by atoms with Crippen LogP contribution in [0.3, 0.4) is 0 Å². The highest BCUT2D eigenvalue weighted by atomic mass is 32.2. The summed E-state index contributed by atoms with van der Waals surface area (Å²) in [5.74, 6) is -0.854. The minimum atomic E-state index is -3.77. The first kappa shape index (κ1) is 22.4. The van der Waals surface area contributed by atoms with Crippen molar-refractivity contribution in [1.29, 1.82) is 0 Å². The molecular formula is C26H26N2O5S. The topological polar surface area (TPSA) is 105 Å². The number of carboxylic acids is 1. The maximum atomic E-state index is 13.1. The Morgan fingerprint density at radius 1 is 1.03 bits per heavy atom. The van der Waals surface area contributed by atoms with E-state index in [0.717, 1.165) is 34.4 Å². The van der Waals surface area contributed by atoms with E-state index in [1.807, 2.05) is 38.1 Å². The Kier molecular flexibility index (Phi) is 5.58. The Bertz CT molecular complexity index is 1370. The van der Waals surface area contributed by atoms with E-state index < -0.39 is 16.0 Å². The fraction of sp³-hybridized carbons (Fsp3) is 0.269.